The van der Waals surface area contributed by atoms with E-state index in [0.717, 1.165) is 13.1 Å². The molecule has 0 unspecified atom stereocenters. The van der Waals surface area contributed by atoms with Gasteiger partial charge in [-0.2, -0.15) is 0 Å². The van der Waals surface area contributed by atoms with Gasteiger partial charge in [0.2, 0.25) is 12.7 Å². The summed E-state index contributed by atoms with van der Waals surface area (Å²) >= 11 is 0. The van der Waals surface area contributed by atoms with Gasteiger partial charge < -0.3 is 24.6 Å². The number of amides is 2. The third kappa shape index (κ3) is 4.48. The lowest BCUT2D eigenvalue weighted by molar-refractivity contribution is -0.917. The Hall–Kier alpha value is -3.13. The highest BCUT2D eigenvalue weighted by Gasteiger charge is 2.25. The largest absolute Gasteiger partial charge is 0.454 e. The number of quaternary nitrogens is 1. The SMILES string of the molecule is O=C(NCC(=O)N1CC[NH+](Cc2ccccc2F)CC1)c1ccc2c(c1)OCO2. The summed E-state index contributed by atoms with van der Waals surface area (Å²) in [6, 6.07) is 11.7. The molecule has 0 atom stereocenters. The Morgan fingerprint density at radius 3 is 2.62 bits per heavy atom. The van der Waals surface area contributed by atoms with Crippen LogP contribution in [0.1, 0.15) is 15.9 Å². The van der Waals surface area contributed by atoms with Crippen molar-refractivity contribution in [2.24, 2.45) is 0 Å². The molecule has 2 amide bonds. The van der Waals surface area contributed by atoms with Crippen molar-refractivity contribution >= 4 is 11.8 Å². The smallest absolute Gasteiger partial charge is 0.251 e. The van der Waals surface area contributed by atoms with Crippen molar-refractivity contribution in [3.63, 3.8) is 0 Å². The van der Waals surface area contributed by atoms with Crippen LogP contribution in [0.15, 0.2) is 42.5 Å². The first-order valence-electron chi connectivity index (χ1n) is 9.63. The minimum atomic E-state index is -0.333. The quantitative estimate of drug-likeness (QED) is 0.753. The van der Waals surface area contributed by atoms with Gasteiger partial charge in [0, 0.05) is 11.1 Å². The topological polar surface area (TPSA) is 72.3 Å². The second kappa shape index (κ2) is 8.48. The van der Waals surface area contributed by atoms with Gasteiger partial charge in [0.15, 0.2) is 11.5 Å². The molecular formula is C21H23FN3O4+. The number of rotatable bonds is 5. The molecule has 2 aliphatic heterocycles. The van der Waals surface area contributed by atoms with Crippen LogP contribution in [0.4, 0.5) is 4.39 Å². The van der Waals surface area contributed by atoms with Crippen molar-refractivity contribution in [1.29, 1.82) is 0 Å². The standard InChI is InChI=1S/C21H22FN3O4/c22-17-4-2-1-3-16(17)13-24-7-9-25(10-8-24)20(26)12-23-21(27)15-5-6-18-19(11-15)29-14-28-18/h1-6,11H,7-10,12-14H2,(H,23,27)/p+1. The Kier molecular flexibility index (Phi) is 5.62. The van der Waals surface area contributed by atoms with Gasteiger partial charge in [0.1, 0.15) is 12.4 Å². The molecular weight excluding hydrogens is 377 g/mol. The maximum atomic E-state index is 13.8. The van der Waals surface area contributed by atoms with Crippen LogP contribution in [-0.4, -0.2) is 56.2 Å². The highest BCUT2D eigenvalue weighted by atomic mass is 19.1. The van der Waals surface area contributed by atoms with E-state index >= 15 is 0 Å². The second-order valence-electron chi connectivity index (χ2n) is 7.15. The summed E-state index contributed by atoms with van der Waals surface area (Å²) < 4.78 is 24.3. The molecule has 2 aromatic carbocycles. The number of ether oxygens (including phenoxy) is 2. The molecule has 2 N–H and O–H groups in total. The Bertz CT molecular complexity index is 913. The van der Waals surface area contributed by atoms with Crippen molar-refractivity contribution in [1.82, 2.24) is 10.2 Å². The van der Waals surface area contributed by atoms with E-state index in [4.69, 9.17) is 9.47 Å². The van der Waals surface area contributed by atoms with Crippen molar-refractivity contribution in [3.8, 4) is 11.5 Å². The number of fused-ring (bicyclic) bond motifs is 1. The lowest BCUT2D eigenvalue weighted by atomic mass is 10.2. The Labute approximate surface area is 168 Å². The maximum absolute atomic E-state index is 13.8. The van der Waals surface area contributed by atoms with E-state index in [1.807, 2.05) is 6.07 Å². The van der Waals surface area contributed by atoms with E-state index in [-0.39, 0.29) is 31.0 Å². The average Bonchev–Trinajstić information content (AvgIpc) is 3.22. The molecule has 0 aromatic heterocycles. The molecule has 2 aliphatic rings. The number of piperazine rings is 1. The van der Waals surface area contributed by atoms with E-state index in [0.29, 0.717) is 42.3 Å². The Morgan fingerprint density at radius 2 is 1.83 bits per heavy atom. The number of halogens is 1. The van der Waals surface area contributed by atoms with Crippen molar-refractivity contribution < 1.29 is 28.4 Å². The van der Waals surface area contributed by atoms with Gasteiger partial charge in [-0.05, 0) is 24.3 Å². The summed E-state index contributed by atoms with van der Waals surface area (Å²) in [5, 5.41) is 2.66. The van der Waals surface area contributed by atoms with Crippen LogP contribution < -0.4 is 19.7 Å². The third-order valence-electron chi connectivity index (χ3n) is 5.26. The second-order valence-corrected chi connectivity index (χ2v) is 7.15. The summed E-state index contributed by atoms with van der Waals surface area (Å²) in [5.74, 6) is 0.487. The predicted molar refractivity (Wildman–Crippen MR) is 102 cm³/mol. The molecule has 1 saturated heterocycles. The normalized spacial score (nSPS) is 16.0. The molecule has 0 aliphatic carbocycles. The van der Waals surface area contributed by atoms with Gasteiger partial charge in [0.05, 0.1) is 32.7 Å². The van der Waals surface area contributed by atoms with Crippen molar-refractivity contribution in [2.45, 2.75) is 6.54 Å². The molecule has 2 heterocycles. The van der Waals surface area contributed by atoms with E-state index < -0.39 is 0 Å². The van der Waals surface area contributed by atoms with Crippen LogP contribution in [0, 0.1) is 5.82 Å². The Morgan fingerprint density at radius 1 is 1.07 bits per heavy atom. The van der Waals surface area contributed by atoms with E-state index in [2.05, 4.69) is 5.32 Å². The third-order valence-corrected chi connectivity index (χ3v) is 5.26. The van der Waals surface area contributed by atoms with Gasteiger partial charge in [-0.3, -0.25) is 9.59 Å². The summed E-state index contributed by atoms with van der Waals surface area (Å²) in [6.45, 7) is 3.35. The summed E-state index contributed by atoms with van der Waals surface area (Å²) in [5.41, 5.74) is 1.11. The monoisotopic (exact) mass is 400 g/mol. The maximum Gasteiger partial charge on any atom is 0.251 e. The van der Waals surface area contributed by atoms with Crippen LogP contribution in [0.25, 0.3) is 0 Å². The summed E-state index contributed by atoms with van der Waals surface area (Å²) in [6.07, 6.45) is 0. The average molecular weight is 400 g/mol. The minimum Gasteiger partial charge on any atom is -0.454 e. The van der Waals surface area contributed by atoms with Crippen LogP contribution in [0.5, 0.6) is 11.5 Å². The number of hydrogen-bond acceptors (Lipinski definition) is 4. The lowest BCUT2D eigenvalue weighted by Crippen LogP contribution is -3.13. The van der Waals surface area contributed by atoms with Gasteiger partial charge in [-0.25, -0.2) is 4.39 Å². The Balaban J connectivity index is 1.24. The number of benzene rings is 2. The van der Waals surface area contributed by atoms with Crippen LogP contribution >= 0.6 is 0 Å². The van der Waals surface area contributed by atoms with Gasteiger partial charge in [-0.15, -0.1) is 0 Å². The fourth-order valence-corrected chi connectivity index (χ4v) is 3.57. The van der Waals surface area contributed by atoms with Crippen molar-refractivity contribution in [3.05, 3.63) is 59.4 Å². The molecule has 8 heteroatoms. The molecule has 0 saturated carbocycles. The number of carbonyl (C=O) groups is 2. The fraction of sp³-hybridized carbons (Fsp3) is 0.333. The zero-order valence-corrected chi connectivity index (χ0v) is 15.9. The molecule has 7 nitrogen and oxygen atoms in total. The molecule has 4 rings (SSSR count). The van der Waals surface area contributed by atoms with Crippen molar-refractivity contribution in [2.75, 3.05) is 39.5 Å². The van der Waals surface area contributed by atoms with Crippen LogP contribution in [0.3, 0.4) is 0 Å². The molecule has 0 spiro atoms. The molecule has 2 aromatic rings. The first-order valence-corrected chi connectivity index (χ1v) is 9.63. The van der Waals surface area contributed by atoms with Gasteiger partial charge >= 0.3 is 0 Å². The molecule has 0 radical (unpaired) electrons. The van der Waals surface area contributed by atoms with E-state index in [9.17, 15) is 14.0 Å². The lowest BCUT2D eigenvalue weighted by Gasteiger charge is -2.32. The number of nitrogens with zero attached hydrogens (tertiary/aromatic N) is 1. The van der Waals surface area contributed by atoms with E-state index in [1.165, 1.54) is 11.0 Å². The zero-order chi connectivity index (χ0) is 20.2. The first kappa shape index (κ1) is 19.2. The molecule has 0 bridgehead atoms. The minimum absolute atomic E-state index is 0.0596. The molecule has 29 heavy (non-hydrogen) atoms. The predicted octanol–water partition coefficient (Wildman–Crippen LogP) is 0.212. The highest BCUT2D eigenvalue weighted by molar-refractivity contribution is 5.97. The number of carbonyl (C=O) groups excluding carboxylic acids is 2. The van der Waals surface area contributed by atoms with Gasteiger partial charge in [0.25, 0.3) is 5.91 Å². The van der Waals surface area contributed by atoms with Crippen LogP contribution in [0.2, 0.25) is 0 Å². The van der Waals surface area contributed by atoms with Gasteiger partial charge in [-0.1, -0.05) is 18.2 Å². The summed E-state index contributed by atoms with van der Waals surface area (Å²) in [7, 11) is 0. The highest BCUT2D eigenvalue weighted by Crippen LogP contribution is 2.32. The van der Waals surface area contributed by atoms with E-state index in [1.54, 1.807) is 35.2 Å². The zero-order valence-electron chi connectivity index (χ0n) is 15.9. The fourth-order valence-electron chi connectivity index (χ4n) is 3.57. The number of hydrogen-bond donors (Lipinski definition) is 2. The molecule has 152 valence electrons. The number of nitrogens with one attached hydrogen (secondary N) is 2. The molecule has 1 fully saturated rings. The summed E-state index contributed by atoms with van der Waals surface area (Å²) in [4.78, 5) is 27.7. The van der Waals surface area contributed by atoms with Crippen LogP contribution in [-0.2, 0) is 11.3 Å². The first-order chi connectivity index (χ1) is 14.1.